The Morgan fingerprint density at radius 2 is 1.93 bits per heavy atom. The number of hydrogen-bond acceptors (Lipinski definition) is 5. The van der Waals surface area contributed by atoms with Crippen LogP contribution in [-0.4, -0.2) is 22.9 Å². The monoisotopic (exact) mass is 412 g/mol. The van der Waals surface area contributed by atoms with Gasteiger partial charge in [0.2, 0.25) is 6.10 Å². The van der Waals surface area contributed by atoms with E-state index in [9.17, 15) is 9.59 Å². The molecule has 0 aliphatic heterocycles. The van der Waals surface area contributed by atoms with E-state index in [1.165, 1.54) is 11.3 Å². The highest BCUT2D eigenvalue weighted by Gasteiger charge is 2.31. The molecule has 1 saturated carbocycles. The van der Waals surface area contributed by atoms with Gasteiger partial charge in [0.15, 0.2) is 5.69 Å². The largest absolute Gasteiger partial charge is 0.443 e. The van der Waals surface area contributed by atoms with Crippen LogP contribution in [0.4, 0.5) is 0 Å². The van der Waals surface area contributed by atoms with Crippen molar-refractivity contribution in [1.29, 1.82) is 0 Å². The molecule has 142 valence electrons. The number of ether oxygens (including phenoxy) is 1. The van der Waals surface area contributed by atoms with Gasteiger partial charge in [0.05, 0.1) is 0 Å². The summed E-state index contributed by atoms with van der Waals surface area (Å²) in [5.74, 6) is -0.948. The van der Waals surface area contributed by atoms with E-state index in [2.05, 4.69) is 10.3 Å². The molecule has 1 aliphatic carbocycles. The first-order chi connectivity index (χ1) is 13.6. The molecule has 1 atom stereocenters. The van der Waals surface area contributed by atoms with Crippen LogP contribution in [0.25, 0.3) is 10.6 Å². The van der Waals surface area contributed by atoms with Crippen molar-refractivity contribution in [2.45, 2.75) is 25.0 Å². The summed E-state index contributed by atoms with van der Waals surface area (Å²) in [6.07, 6.45) is 0.901. The van der Waals surface area contributed by atoms with E-state index in [0.29, 0.717) is 15.6 Å². The van der Waals surface area contributed by atoms with E-state index in [4.69, 9.17) is 16.3 Å². The molecule has 1 aliphatic rings. The van der Waals surface area contributed by atoms with E-state index in [1.807, 2.05) is 18.2 Å². The van der Waals surface area contributed by atoms with Crippen LogP contribution < -0.4 is 5.32 Å². The zero-order valence-corrected chi connectivity index (χ0v) is 16.4. The highest BCUT2D eigenvalue weighted by atomic mass is 35.5. The number of benzene rings is 2. The summed E-state index contributed by atoms with van der Waals surface area (Å²) < 4.78 is 5.55. The number of hydrogen-bond donors (Lipinski definition) is 1. The van der Waals surface area contributed by atoms with Gasteiger partial charge in [-0.2, -0.15) is 0 Å². The van der Waals surface area contributed by atoms with Gasteiger partial charge in [0.25, 0.3) is 5.91 Å². The van der Waals surface area contributed by atoms with Gasteiger partial charge in [-0.05, 0) is 25.0 Å². The molecule has 1 amide bonds. The number of carbonyl (C=O) groups is 2. The zero-order valence-electron chi connectivity index (χ0n) is 14.8. The summed E-state index contributed by atoms with van der Waals surface area (Å²) in [6, 6.07) is 16.4. The lowest BCUT2D eigenvalue weighted by molar-refractivity contribution is -0.130. The number of aromatic nitrogens is 1. The standard InChI is InChI=1S/C21H17ClN2O3S/c22-15-8-4-7-14(11-15)20-24-17(12-28-20)21(26)27-18(13-5-2-1-3-6-13)19(25)23-16-9-10-16/h1-8,11-12,16,18H,9-10H2,(H,23,25)/t18-/m0/s1. The molecule has 0 spiro atoms. The Morgan fingerprint density at radius 1 is 1.14 bits per heavy atom. The maximum absolute atomic E-state index is 12.7. The molecule has 3 aromatic rings. The average Bonchev–Trinajstić information content (AvgIpc) is 3.37. The Balaban J connectivity index is 1.53. The number of nitrogens with zero attached hydrogens (tertiary/aromatic N) is 1. The van der Waals surface area contributed by atoms with Crippen LogP contribution in [0.2, 0.25) is 5.02 Å². The molecule has 0 radical (unpaired) electrons. The van der Waals surface area contributed by atoms with Gasteiger partial charge in [0, 0.05) is 27.6 Å². The second-order valence-electron chi connectivity index (χ2n) is 6.53. The Labute approximate surface area is 171 Å². The minimum absolute atomic E-state index is 0.167. The third-order valence-corrected chi connectivity index (χ3v) is 5.40. The first-order valence-corrected chi connectivity index (χ1v) is 10.1. The van der Waals surface area contributed by atoms with E-state index >= 15 is 0 Å². The summed E-state index contributed by atoms with van der Waals surface area (Å²) in [7, 11) is 0. The van der Waals surface area contributed by atoms with Crippen LogP contribution in [-0.2, 0) is 9.53 Å². The van der Waals surface area contributed by atoms with Gasteiger partial charge in [0.1, 0.15) is 5.01 Å². The van der Waals surface area contributed by atoms with Crippen LogP contribution >= 0.6 is 22.9 Å². The van der Waals surface area contributed by atoms with Crippen molar-refractivity contribution in [1.82, 2.24) is 10.3 Å². The number of amides is 1. The number of rotatable bonds is 6. The van der Waals surface area contributed by atoms with E-state index in [0.717, 1.165) is 18.4 Å². The lowest BCUT2D eigenvalue weighted by atomic mass is 10.1. The minimum atomic E-state index is -1.01. The summed E-state index contributed by atoms with van der Waals surface area (Å²) in [6.45, 7) is 0. The highest BCUT2D eigenvalue weighted by Crippen LogP contribution is 2.28. The van der Waals surface area contributed by atoms with Gasteiger partial charge in [-0.3, -0.25) is 4.79 Å². The third kappa shape index (κ3) is 4.40. The van der Waals surface area contributed by atoms with Gasteiger partial charge >= 0.3 is 5.97 Å². The Morgan fingerprint density at radius 3 is 2.64 bits per heavy atom. The molecule has 4 rings (SSSR count). The average molecular weight is 413 g/mol. The quantitative estimate of drug-likeness (QED) is 0.599. The third-order valence-electron chi connectivity index (χ3n) is 4.27. The topological polar surface area (TPSA) is 68.3 Å². The van der Waals surface area contributed by atoms with Crippen LogP contribution in [0.1, 0.15) is 35.0 Å². The molecule has 0 saturated heterocycles. The number of thiazole rings is 1. The van der Waals surface area contributed by atoms with Crippen LogP contribution in [0, 0.1) is 0 Å². The molecular formula is C21H17ClN2O3S. The van der Waals surface area contributed by atoms with Gasteiger partial charge in [-0.1, -0.05) is 54.1 Å². The van der Waals surface area contributed by atoms with Crippen molar-refractivity contribution < 1.29 is 14.3 Å². The smallest absolute Gasteiger partial charge is 0.358 e. The van der Waals surface area contributed by atoms with E-state index in [-0.39, 0.29) is 17.6 Å². The van der Waals surface area contributed by atoms with Crippen molar-refractivity contribution in [3.63, 3.8) is 0 Å². The predicted molar refractivity (Wildman–Crippen MR) is 108 cm³/mol. The first kappa shape index (κ1) is 18.7. The fourth-order valence-electron chi connectivity index (χ4n) is 2.69. The van der Waals surface area contributed by atoms with Crippen molar-refractivity contribution in [3.8, 4) is 10.6 Å². The van der Waals surface area contributed by atoms with Crippen molar-refractivity contribution >= 4 is 34.8 Å². The summed E-state index contributed by atoms with van der Waals surface area (Å²) >= 11 is 7.34. The normalized spacial score (nSPS) is 14.3. The maximum atomic E-state index is 12.7. The lowest BCUT2D eigenvalue weighted by Gasteiger charge is -2.17. The molecule has 7 heteroatoms. The Hall–Kier alpha value is -2.70. The van der Waals surface area contributed by atoms with Crippen molar-refractivity contribution in [2.75, 3.05) is 0 Å². The molecule has 1 heterocycles. The fraction of sp³-hybridized carbons (Fsp3) is 0.190. The molecule has 2 aromatic carbocycles. The SMILES string of the molecule is O=C(O[C@H](C(=O)NC1CC1)c1ccccc1)c1csc(-c2cccc(Cl)c2)n1. The molecule has 0 bridgehead atoms. The van der Waals surface area contributed by atoms with Gasteiger partial charge in [-0.25, -0.2) is 9.78 Å². The zero-order chi connectivity index (χ0) is 19.5. The second-order valence-corrected chi connectivity index (χ2v) is 7.82. The van der Waals surface area contributed by atoms with Gasteiger partial charge in [-0.15, -0.1) is 11.3 Å². The second kappa shape index (κ2) is 8.12. The first-order valence-electron chi connectivity index (χ1n) is 8.88. The number of nitrogens with one attached hydrogen (secondary N) is 1. The van der Waals surface area contributed by atoms with Crippen LogP contribution in [0.5, 0.6) is 0 Å². The minimum Gasteiger partial charge on any atom is -0.443 e. The summed E-state index contributed by atoms with van der Waals surface area (Å²) in [5.41, 5.74) is 1.61. The molecule has 28 heavy (non-hydrogen) atoms. The summed E-state index contributed by atoms with van der Waals surface area (Å²) in [4.78, 5) is 29.6. The number of halogens is 1. The predicted octanol–water partition coefficient (Wildman–Crippen LogP) is 4.64. The maximum Gasteiger partial charge on any atom is 0.358 e. The van der Waals surface area contributed by atoms with E-state index in [1.54, 1.807) is 41.8 Å². The molecule has 5 nitrogen and oxygen atoms in total. The molecule has 1 aromatic heterocycles. The molecule has 1 N–H and O–H groups in total. The Kier molecular flexibility index (Phi) is 5.41. The highest BCUT2D eigenvalue weighted by molar-refractivity contribution is 7.13. The molecule has 0 unspecified atom stereocenters. The van der Waals surface area contributed by atoms with Crippen LogP contribution in [0.15, 0.2) is 60.0 Å². The fourth-order valence-corrected chi connectivity index (χ4v) is 3.67. The molecule has 1 fully saturated rings. The number of carbonyl (C=O) groups excluding carboxylic acids is 2. The van der Waals surface area contributed by atoms with E-state index < -0.39 is 12.1 Å². The number of esters is 1. The van der Waals surface area contributed by atoms with Crippen molar-refractivity contribution in [2.24, 2.45) is 0 Å². The van der Waals surface area contributed by atoms with Crippen LogP contribution in [0.3, 0.4) is 0 Å². The molecular weight excluding hydrogens is 396 g/mol. The Bertz CT molecular complexity index is 1000. The van der Waals surface area contributed by atoms with Gasteiger partial charge < -0.3 is 10.1 Å². The lowest BCUT2D eigenvalue weighted by Crippen LogP contribution is -2.33. The summed E-state index contributed by atoms with van der Waals surface area (Å²) in [5, 5.41) is 5.78. The van der Waals surface area contributed by atoms with Crippen molar-refractivity contribution in [3.05, 3.63) is 76.3 Å².